The lowest BCUT2D eigenvalue weighted by Crippen LogP contribution is -2.58. The highest BCUT2D eigenvalue weighted by molar-refractivity contribution is 5.47. The molecular formula is C17H23N9. The van der Waals surface area contributed by atoms with E-state index >= 15 is 0 Å². The van der Waals surface area contributed by atoms with E-state index in [2.05, 4.69) is 46.9 Å². The number of nitrogens with zero attached hydrogens (tertiary/aromatic N) is 9. The lowest BCUT2D eigenvalue weighted by atomic mass is 10.1. The second-order valence-electron chi connectivity index (χ2n) is 7.29. The Bertz CT molecular complexity index is 908. The van der Waals surface area contributed by atoms with Gasteiger partial charge in [-0.15, -0.1) is 25.5 Å². The van der Waals surface area contributed by atoms with Crippen molar-refractivity contribution in [1.82, 2.24) is 39.5 Å². The highest BCUT2D eigenvalue weighted by Crippen LogP contribution is 2.23. The van der Waals surface area contributed by atoms with E-state index in [1.165, 1.54) is 19.3 Å². The summed E-state index contributed by atoms with van der Waals surface area (Å²) in [6.45, 7) is 3.85. The van der Waals surface area contributed by atoms with Gasteiger partial charge in [0, 0.05) is 32.1 Å². The van der Waals surface area contributed by atoms with Gasteiger partial charge in [-0.1, -0.05) is 6.42 Å². The minimum absolute atomic E-state index is 0.507. The molecule has 3 aromatic rings. The van der Waals surface area contributed by atoms with Crippen molar-refractivity contribution in [1.29, 1.82) is 0 Å². The Balaban J connectivity index is 1.23. The van der Waals surface area contributed by atoms with E-state index in [9.17, 15) is 0 Å². The van der Waals surface area contributed by atoms with E-state index in [-0.39, 0.29) is 0 Å². The Labute approximate surface area is 151 Å². The molecule has 9 nitrogen and oxygen atoms in total. The van der Waals surface area contributed by atoms with Crippen LogP contribution in [0.15, 0.2) is 18.5 Å². The molecule has 0 unspecified atom stereocenters. The zero-order chi connectivity index (χ0) is 17.5. The molecule has 2 aliphatic heterocycles. The molecular weight excluding hydrogens is 330 g/mol. The molecule has 0 amide bonds. The standard InChI is InChI=1S/C17H23N9/c1-23(11-17-21-20-14-5-3-2-4-8-25(14)17)13-9-24(10-13)16-7-6-15-19-18-12-26(15)22-16/h6-7,12-13H,2-5,8-11H2,1H3. The molecule has 1 saturated heterocycles. The first-order valence-electron chi connectivity index (χ1n) is 9.31. The van der Waals surface area contributed by atoms with Crippen LogP contribution in [-0.2, 0) is 19.5 Å². The molecule has 0 saturated carbocycles. The number of hydrogen-bond donors (Lipinski definition) is 0. The van der Waals surface area contributed by atoms with Gasteiger partial charge in [0.1, 0.15) is 23.8 Å². The van der Waals surface area contributed by atoms with Gasteiger partial charge in [0.05, 0.1) is 6.54 Å². The van der Waals surface area contributed by atoms with E-state index in [1.807, 2.05) is 12.1 Å². The van der Waals surface area contributed by atoms with Crippen LogP contribution >= 0.6 is 0 Å². The third kappa shape index (κ3) is 2.72. The maximum absolute atomic E-state index is 4.57. The Morgan fingerprint density at radius 3 is 2.96 bits per heavy atom. The summed E-state index contributed by atoms with van der Waals surface area (Å²) in [5, 5.41) is 21.3. The van der Waals surface area contributed by atoms with Crippen molar-refractivity contribution in [2.24, 2.45) is 0 Å². The summed E-state index contributed by atoms with van der Waals surface area (Å²) in [6.07, 6.45) is 6.45. The highest BCUT2D eigenvalue weighted by Gasteiger charge is 2.32. The molecule has 0 aliphatic carbocycles. The minimum Gasteiger partial charge on any atom is -0.352 e. The van der Waals surface area contributed by atoms with Crippen LogP contribution in [0.3, 0.4) is 0 Å². The quantitative estimate of drug-likeness (QED) is 0.685. The molecule has 3 aromatic heterocycles. The predicted octanol–water partition coefficient (Wildman–Crippen LogP) is 0.763. The lowest BCUT2D eigenvalue weighted by molar-refractivity contribution is 0.189. The van der Waals surface area contributed by atoms with Gasteiger partial charge < -0.3 is 9.47 Å². The van der Waals surface area contributed by atoms with Gasteiger partial charge in [0.25, 0.3) is 0 Å². The maximum Gasteiger partial charge on any atom is 0.177 e. The molecule has 0 radical (unpaired) electrons. The first-order chi connectivity index (χ1) is 12.8. The minimum atomic E-state index is 0.507. The summed E-state index contributed by atoms with van der Waals surface area (Å²) in [5.74, 6) is 3.23. The van der Waals surface area contributed by atoms with Gasteiger partial charge in [0.2, 0.25) is 0 Å². The van der Waals surface area contributed by atoms with Crippen LogP contribution in [0.2, 0.25) is 0 Å². The normalized spacial score (nSPS) is 18.2. The molecule has 5 rings (SSSR count). The summed E-state index contributed by atoms with van der Waals surface area (Å²) in [7, 11) is 2.18. The number of aromatic nitrogens is 7. The van der Waals surface area contributed by atoms with Crippen LogP contribution in [0.5, 0.6) is 0 Å². The van der Waals surface area contributed by atoms with Crippen molar-refractivity contribution in [2.75, 3.05) is 25.0 Å². The van der Waals surface area contributed by atoms with Gasteiger partial charge in [-0.3, -0.25) is 4.90 Å². The van der Waals surface area contributed by atoms with Gasteiger partial charge in [0.15, 0.2) is 5.65 Å². The van der Waals surface area contributed by atoms with Crippen LogP contribution in [-0.4, -0.2) is 65.7 Å². The summed E-state index contributed by atoms with van der Waals surface area (Å²) in [4.78, 5) is 4.67. The van der Waals surface area contributed by atoms with Gasteiger partial charge in [-0.05, 0) is 32.0 Å². The second kappa shape index (κ2) is 6.31. The molecule has 0 bridgehead atoms. The molecule has 0 atom stereocenters. The van der Waals surface area contributed by atoms with Crippen molar-refractivity contribution in [3.63, 3.8) is 0 Å². The highest BCUT2D eigenvalue weighted by atomic mass is 15.4. The van der Waals surface area contributed by atoms with Crippen LogP contribution in [0.4, 0.5) is 5.82 Å². The average molecular weight is 353 g/mol. The maximum atomic E-state index is 4.57. The molecule has 5 heterocycles. The Morgan fingerprint density at radius 1 is 1.12 bits per heavy atom. The number of rotatable bonds is 4. The van der Waals surface area contributed by atoms with Crippen molar-refractivity contribution in [3.05, 3.63) is 30.1 Å². The summed E-state index contributed by atoms with van der Waals surface area (Å²) >= 11 is 0. The Morgan fingerprint density at radius 2 is 2.04 bits per heavy atom. The van der Waals surface area contributed by atoms with Crippen LogP contribution in [0.1, 0.15) is 30.9 Å². The molecule has 9 heteroatoms. The Kier molecular flexibility index (Phi) is 3.81. The largest absolute Gasteiger partial charge is 0.352 e. The van der Waals surface area contributed by atoms with Crippen molar-refractivity contribution >= 4 is 11.5 Å². The molecule has 2 aliphatic rings. The first-order valence-corrected chi connectivity index (χ1v) is 9.31. The van der Waals surface area contributed by atoms with E-state index in [4.69, 9.17) is 0 Å². The monoisotopic (exact) mass is 353 g/mol. The third-order valence-electron chi connectivity index (χ3n) is 5.53. The fourth-order valence-electron chi connectivity index (χ4n) is 3.82. The molecule has 136 valence electrons. The van der Waals surface area contributed by atoms with Gasteiger partial charge in [-0.25, -0.2) is 0 Å². The fourth-order valence-corrected chi connectivity index (χ4v) is 3.82. The summed E-state index contributed by atoms with van der Waals surface area (Å²) in [6, 6.07) is 4.48. The Hall–Kier alpha value is -2.55. The lowest BCUT2D eigenvalue weighted by Gasteiger charge is -2.44. The molecule has 26 heavy (non-hydrogen) atoms. The van der Waals surface area contributed by atoms with Crippen LogP contribution < -0.4 is 4.90 Å². The van der Waals surface area contributed by atoms with Crippen LogP contribution in [0.25, 0.3) is 5.65 Å². The van der Waals surface area contributed by atoms with Gasteiger partial charge >= 0.3 is 0 Å². The van der Waals surface area contributed by atoms with Crippen molar-refractivity contribution in [2.45, 2.75) is 44.8 Å². The molecule has 0 spiro atoms. The molecule has 0 N–H and O–H groups in total. The van der Waals surface area contributed by atoms with E-state index in [1.54, 1.807) is 10.8 Å². The van der Waals surface area contributed by atoms with E-state index in [0.717, 1.165) is 55.7 Å². The third-order valence-corrected chi connectivity index (χ3v) is 5.53. The SMILES string of the molecule is CN(Cc1nnc2n1CCCCC2)C1CN(c2ccc3nncn3n2)C1. The number of likely N-dealkylation sites (N-methyl/N-ethyl adjacent to an activating group) is 1. The topological polar surface area (TPSA) is 80.3 Å². The molecule has 0 aromatic carbocycles. The fraction of sp³-hybridized carbons (Fsp3) is 0.588. The number of aryl methyl sites for hydroxylation is 1. The van der Waals surface area contributed by atoms with Crippen molar-refractivity contribution < 1.29 is 0 Å². The van der Waals surface area contributed by atoms with Crippen molar-refractivity contribution in [3.8, 4) is 0 Å². The van der Waals surface area contributed by atoms with Crippen LogP contribution in [0, 0.1) is 0 Å². The summed E-state index contributed by atoms with van der Waals surface area (Å²) < 4.78 is 4.05. The number of hydrogen-bond acceptors (Lipinski definition) is 7. The smallest absolute Gasteiger partial charge is 0.177 e. The predicted molar refractivity (Wildman–Crippen MR) is 95.8 cm³/mol. The number of anilines is 1. The van der Waals surface area contributed by atoms with E-state index < -0.39 is 0 Å². The first kappa shape index (κ1) is 15.7. The summed E-state index contributed by atoms with van der Waals surface area (Å²) in [5.41, 5.74) is 0.774. The average Bonchev–Trinajstić information content (AvgIpc) is 3.13. The zero-order valence-electron chi connectivity index (χ0n) is 15.0. The molecule has 1 fully saturated rings. The van der Waals surface area contributed by atoms with Gasteiger partial charge in [-0.2, -0.15) is 4.52 Å². The zero-order valence-corrected chi connectivity index (χ0v) is 15.0. The number of fused-ring (bicyclic) bond motifs is 2. The second-order valence-corrected chi connectivity index (χ2v) is 7.29. The van der Waals surface area contributed by atoms with E-state index in [0.29, 0.717) is 6.04 Å².